The molecule has 0 aromatic heterocycles. The van der Waals surface area contributed by atoms with Crippen LogP contribution in [0.15, 0.2) is 47.5 Å². The molecule has 0 aliphatic carbocycles. The summed E-state index contributed by atoms with van der Waals surface area (Å²) in [5.74, 6) is 1.60. The minimum absolute atomic E-state index is 0.161. The fraction of sp³-hybridized carbons (Fsp3) is 0.176. The molecule has 2 aromatic carbocycles. The Hall–Kier alpha value is -1.14. The van der Waals surface area contributed by atoms with E-state index in [0.717, 1.165) is 28.0 Å². The van der Waals surface area contributed by atoms with Crippen LogP contribution in [0.2, 0.25) is 10.0 Å². The van der Waals surface area contributed by atoms with Crippen LogP contribution in [0.1, 0.15) is 15.9 Å². The fourth-order valence-electron chi connectivity index (χ4n) is 2.18. The predicted molar refractivity (Wildman–Crippen MR) is 107 cm³/mol. The molecule has 124 valence electrons. The highest BCUT2D eigenvalue weighted by molar-refractivity contribution is 8.38. The van der Waals surface area contributed by atoms with Gasteiger partial charge in [0.1, 0.15) is 4.38 Å². The van der Waals surface area contributed by atoms with Gasteiger partial charge in [0, 0.05) is 22.8 Å². The third-order valence-corrected chi connectivity index (χ3v) is 6.39. The lowest BCUT2D eigenvalue weighted by atomic mass is 10.1. The number of hydrogen-bond donors (Lipinski definition) is 1. The summed E-state index contributed by atoms with van der Waals surface area (Å²) < 4.78 is 1.09. The molecule has 0 unspecified atom stereocenters. The summed E-state index contributed by atoms with van der Waals surface area (Å²) in [6.45, 7) is 0.881. The van der Waals surface area contributed by atoms with E-state index < -0.39 is 0 Å². The molecule has 0 saturated carbocycles. The molecule has 1 aliphatic rings. The smallest absolute Gasteiger partial charge is 0.255 e. The van der Waals surface area contributed by atoms with E-state index in [0.29, 0.717) is 21.3 Å². The number of benzene rings is 2. The number of hydrogen-bond acceptors (Lipinski definition) is 4. The Balaban J connectivity index is 1.73. The molecule has 7 heteroatoms. The molecule has 0 saturated heterocycles. The van der Waals surface area contributed by atoms with Gasteiger partial charge in [-0.1, -0.05) is 64.9 Å². The average molecular weight is 397 g/mol. The van der Waals surface area contributed by atoms with Crippen LogP contribution in [0.3, 0.4) is 0 Å². The summed E-state index contributed by atoms with van der Waals surface area (Å²) in [7, 11) is 0. The van der Waals surface area contributed by atoms with Gasteiger partial charge in [0.25, 0.3) is 5.91 Å². The first-order valence-electron chi connectivity index (χ1n) is 7.28. The number of thioether (sulfide) groups is 2. The van der Waals surface area contributed by atoms with Crippen LogP contribution in [-0.2, 0) is 5.75 Å². The molecule has 3 rings (SSSR count). The van der Waals surface area contributed by atoms with Gasteiger partial charge in [-0.25, -0.2) is 0 Å². The van der Waals surface area contributed by atoms with E-state index in [1.54, 1.807) is 41.7 Å². The highest BCUT2D eigenvalue weighted by atomic mass is 35.5. The van der Waals surface area contributed by atoms with Crippen molar-refractivity contribution in [2.75, 3.05) is 17.6 Å². The van der Waals surface area contributed by atoms with Gasteiger partial charge in [-0.15, -0.1) is 0 Å². The third-order valence-electron chi connectivity index (χ3n) is 3.35. The van der Waals surface area contributed by atoms with E-state index in [4.69, 9.17) is 23.2 Å². The quantitative estimate of drug-likeness (QED) is 0.732. The highest BCUT2D eigenvalue weighted by Gasteiger charge is 2.14. The van der Waals surface area contributed by atoms with E-state index in [2.05, 4.69) is 10.3 Å². The maximum atomic E-state index is 12.6. The monoisotopic (exact) mass is 396 g/mol. The van der Waals surface area contributed by atoms with Crippen molar-refractivity contribution in [3.8, 4) is 0 Å². The molecule has 1 heterocycles. The molecule has 0 fully saturated rings. The first-order chi connectivity index (χ1) is 11.6. The lowest BCUT2D eigenvalue weighted by Crippen LogP contribution is -2.14. The summed E-state index contributed by atoms with van der Waals surface area (Å²) in [5, 5.41) is 3.74. The SMILES string of the molecule is O=C(Nc1ccc(Cl)c(Cl)c1)c1ccccc1CSC1=NCCS1. The standard InChI is InChI=1S/C17H14Cl2N2OS2/c18-14-6-5-12(9-15(14)19)21-16(22)13-4-2-1-3-11(13)10-24-17-20-7-8-23-17/h1-6,9H,7-8,10H2,(H,21,22). The maximum Gasteiger partial charge on any atom is 0.255 e. The van der Waals surface area contributed by atoms with Gasteiger partial charge < -0.3 is 5.32 Å². The Kier molecular flexibility index (Phi) is 6.11. The molecule has 1 amide bonds. The van der Waals surface area contributed by atoms with Crippen molar-refractivity contribution in [3.63, 3.8) is 0 Å². The van der Waals surface area contributed by atoms with Crippen molar-refractivity contribution in [1.29, 1.82) is 0 Å². The normalized spacial score (nSPS) is 13.7. The van der Waals surface area contributed by atoms with Gasteiger partial charge in [-0.2, -0.15) is 0 Å². The Bertz CT molecular complexity index is 796. The second kappa shape index (κ2) is 8.30. The number of halogens is 2. The lowest BCUT2D eigenvalue weighted by Gasteiger charge is -2.10. The number of nitrogens with one attached hydrogen (secondary N) is 1. The molecule has 24 heavy (non-hydrogen) atoms. The Morgan fingerprint density at radius 1 is 1.21 bits per heavy atom. The molecule has 0 spiro atoms. The van der Waals surface area contributed by atoms with Gasteiger partial charge in [-0.3, -0.25) is 9.79 Å². The van der Waals surface area contributed by atoms with Crippen LogP contribution >= 0.6 is 46.7 Å². The lowest BCUT2D eigenvalue weighted by molar-refractivity contribution is 0.102. The molecule has 1 N–H and O–H groups in total. The van der Waals surface area contributed by atoms with E-state index in [9.17, 15) is 4.79 Å². The summed E-state index contributed by atoms with van der Waals surface area (Å²) >= 11 is 15.3. The van der Waals surface area contributed by atoms with Crippen molar-refractivity contribution in [2.24, 2.45) is 4.99 Å². The zero-order chi connectivity index (χ0) is 16.9. The van der Waals surface area contributed by atoms with Gasteiger partial charge in [0.05, 0.1) is 16.6 Å². The molecular weight excluding hydrogens is 383 g/mol. The van der Waals surface area contributed by atoms with E-state index in [1.165, 1.54) is 0 Å². The summed E-state index contributed by atoms with van der Waals surface area (Å²) in [6, 6.07) is 12.6. The number of aliphatic imine (C=N–C) groups is 1. The van der Waals surface area contributed by atoms with Crippen molar-refractivity contribution in [2.45, 2.75) is 5.75 Å². The molecular formula is C17H14Cl2N2OS2. The van der Waals surface area contributed by atoms with Crippen molar-refractivity contribution >= 4 is 62.7 Å². The number of carbonyl (C=O) groups is 1. The molecule has 0 atom stereocenters. The van der Waals surface area contributed by atoms with E-state index >= 15 is 0 Å². The van der Waals surface area contributed by atoms with Crippen molar-refractivity contribution < 1.29 is 4.79 Å². The number of rotatable bonds is 4. The number of anilines is 1. The van der Waals surface area contributed by atoms with Crippen molar-refractivity contribution in [1.82, 2.24) is 0 Å². The third kappa shape index (κ3) is 4.48. The van der Waals surface area contributed by atoms with Gasteiger partial charge in [0.15, 0.2) is 0 Å². The number of amides is 1. The fourth-order valence-corrected chi connectivity index (χ4v) is 4.49. The van der Waals surface area contributed by atoms with Crippen molar-refractivity contribution in [3.05, 3.63) is 63.6 Å². The second-order valence-corrected chi connectivity index (χ2v) is 8.15. The predicted octanol–water partition coefficient (Wildman–Crippen LogP) is 5.58. The molecule has 3 nitrogen and oxygen atoms in total. The number of carbonyl (C=O) groups excluding carboxylic acids is 1. The Morgan fingerprint density at radius 2 is 2.04 bits per heavy atom. The average Bonchev–Trinajstić information content (AvgIpc) is 3.10. The maximum absolute atomic E-state index is 12.6. The van der Waals surface area contributed by atoms with Crippen LogP contribution in [-0.4, -0.2) is 22.6 Å². The topological polar surface area (TPSA) is 41.5 Å². The number of nitrogens with zero attached hydrogens (tertiary/aromatic N) is 1. The minimum Gasteiger partial charge on any atom is -0.322 e. The Labute approximate surface area is 159 Å². The van der Waals surface area contributed by atoms with Crippen LogP contribution in [0.25, 0.3) is 0 Å². The van der Waals surface area contributed by atoms with Gasteiger partial charge >= 0.3 is 0 Å². The van der Waals surface area contributed by atoms with Crippen LogP contribution in [0, 0.1) is 0 Å². The highest BCUT2D eigenvalue weighted by Crippen LogP contribution is 2.28. The van der Waals surface area contributed by atoms with Crippen LogP contribution < -0.4 is 5.32 Å². The molecule has 0 radical (unpaired) electrons. The minimum atomic E-state index is -0.161. The molecule has 0 bridgehead atoms. The summed E-state index contributed by atoms with van der Waals surface area (Å²) in [5.41, 5.74) is 2.25. The largest absolute Gasteiger partial charge is 0.322 e. The summed E-state index contributed by atoms with van der Waals surface area (Å²) in [4.78, 5) is 17.0. The van der Waals surface area contributed by atoms with Crippen LogP contribution in [0.5, 0.6) is 0 Å². The van der Waals surface area contributed by atoms with E-state index in [-0.39, 0.29) is 5.91 Å². The van der Waals surface area contributed by atoms with E-state index in [1.807, 2.05) is 24.3 Å². The molecule has 2 aromatic rings. The van der Waals surface area contributed by atoms with Gasteiger partial charge in [-0.05, 0) is 29.8 Å². The zero-order valence-corrected chi connectivity index (χ0v) is 15.7. The second-order valence-electron chi connectivity index (χ2n) is 5.02. The first kappa shape index (κ1) is 17.7. The Morgan fingerprint density at radius 3 is 2.79 bits per heavy atom. The molecule has 1 aliphatic heterocycles. The zero-order valence-electron chi connectivity index (χ0n) is 12.6. The summed E-state index contributed by atoms with van der Waals surface area (Å²) in [6.07, 6.45) is 0. The van der Waals surface area contributed by atoms with Gasteiger partial charge in [0.2, 0.25) is 0 Å². The van der Waals surface area contributed by atoms with Crippen LogP contribution in [0.4, 0.5) is 5.69 Å². The first-order valence-corrected chi connectivity index (χ1v) is 10.0.